The van der Waals surface area contributed by atoms with Crippen molar-refractivity contribution in [2.45, 2.75) is 19.4 Å². The van der Waals surface area contributed by atoms with E-state index < -0.39 is 0 Å². The molecule has 0 spiro atoms. The van der Waals surface area contributed by atoms with Crippen LogP contribution in [-0.4, -0.2) is 32.2 Å². The lowest BCUT2D eigenvalue weighted by Gasteiger charge is -2.30. The normalized spacial score (nSPS) is 17.0. The lowest BCUT2D eigenvalue weighted by molar-refractivity contribution is 0.195. The van der Waals surface area contributed by atoms with Crippen LogP contribution in [0.4, 0.5) is 0 Å². The molecule has 0 atom stereocenters. The number of nitrogens with zero attached hydrogens (tertiary/aromatic N) is 1. The first kappa shape index (κ1) is 17.9. The number of hydrogen-bond acceptors (Lipinski definition) is 3. The molecule has 0 radical (unpaired) electrons. The minimum atomic E-state index is 0.651. The van der Waals surface area contributed by atoms with E-state index in [0.717, 1.165) is 31.1 Å². The quantitative estimate of drug-likeness (QED) is 0.817. The maximum Gasteiger partial charge on any atom is 0.161 e. The Morgan fingerprint density at radius 3 is 2.07 bits per heavy atom. The standard InChI is InChI=1S/C24H27NO2/c1-26-23-15-21-13-20(14-22(21)16-24(23)27-2)12-18-8-10-25(11-9-18)17-19-6-4-3-5-7-19/h3-7,12-16,18H,8-11,17H2,1-2H3. The summed E-state index contributed by atoms with van der Waals surface area (Å²) < 4.78 is 10.8. The van der Waals surface area contributed by atoms with Gasteiger partial charge in [-0.25, -0.2) is 0 Å². The highest BCUT2D eigenvalue weighted by molar-refractivity contribution is 5.72. The fraction of sp³-hybridized carbons (Fsp3) is 0.333. The van der Waals surface area contributed by atoms with Crippen LogP contribution in [0.25, 0.3) is 12.2 Å². The van der Waals surface area contributed by atoms with Gasteiger partial charge >= 0.3 is 0 Å². The van der Waals surface area contributed by atoms with Crippen LogP contribution in [0.2, 0.25) is 0 Å². The van der Waals surface area contributed by atoms with E-state index >= 15 is 0 Å². The monoisotopic (exact) mass is 361 g/mol. The number of benzene rings is 2. The Labute approximate surface area is 161 Å². The Hall–Kier alpha value is -2.52. The average molecular weight is 361 g/mol. The van der Waals surface area contributed by atoms with Crippen LogP contribution in [0.3, 0.4) is 0 Å². The van der Waals surface area contributed by atoms with E-state index in [4.69, 9.17) is 9.47 Å². The van der Waals surface area contributed by atoms with Crippen LogP contribution >= 0.6 is 0 Å². The van der Waals surface area contributed by atoms with E-state index in [1.807, 2.05) is 0 Å². The number of fused-ring (bicyclic) bond motifs is 1. The average Bonchev–Trinajstić information content (AvgIpc) is 3.10. The second-order valence-corrected chi connectivity index (χ2v) is 7.39. The first-order chi connectivity index (χ1) is 13.2. The van der Waals surface area contributed by atoms with Gasteiger partial charge in [0.2, 0.25) is 0 Å². The van der Waals surface area contributed by atoms with Crippen LogP contribution in [0, 0.1) is 5.92 Å². The molecule has 2 aromatic rings. The predicted molar refractivity (Wildman–Crippen MR) is 110 cm³/mol. The summed E-state index contributed by atoms with van der Waals surface area (Å²) in [6.07, 6.45) is 9.40. The van der Waals surface area contributed by atoms with Gasteiger partial charge in [-0.2, -0.15) is 0 Å². The molecule has 1 saturated heterocycles. The van der Waals surface area contributed by atoms with Gasteiger partial charge in [-0.15, -0.1) is 0 Å². The summed E-state index contributed by atoms with van der Waals surface area (Å²) in [5.41, 5.74) is 2.71. The van der Waals surface area contributed by atoms with Gasteiger partial charge in [-0.05, 0) is 77.7 Å². The Kier molecular flexibility index (Phi) is 5.30. The molecular weight excluding hydrogens is 334 g/mol. The molecular formula is C24H27NO2. The zero-order chi connectivity index (χ0) is 18.6. The summed E-state index contributed by atoms with van der Waals surface area (Å²) in [7, 11) is 3.37. The minimum absolute atomic E-state index is 0.651. The van der Waals surface area contributed by atoms with E-state index in [2.05, 4.69) is 65.6 Å². The van der Waals surface area contributed by atoms with Crippen molar-refractivity contribution in [1.82, 2.24) is 4.90 Å². The highest BCUT2D eigenvalue weighted by atomic mass is 16.5. The minimum Gasteiger partial charge on any atom is -0.493 e. The van der Waals surface area contributed by atoms with Crippen LogP contribution in [0.1, 0.15) is 18.4 Å². The van der Waals surface area contributed by atoms with Gasteiger partial charge < -0.3 is 9.47 Å². The number of rotatable bonds is 5. The first-order valence-corrected chi connectivity index (χ1v) is 9.69. The molecule has 0 unspecified atom stereocenters. The van der Waals surface area contributed by atoms with Crippen molar-refractivity contribution in [3.05, 3.63) is 70.1 Å². The van der Waals surface area contributed by atoms with E-state index in [9.17, 15) is 0 Å². The van der Waals surface area contributed by atoms with Crippen molar-refractivity contribution in [2.24, 2.45) is 5.92 Å². The number of allylic oxidation sites excluding steroid dienone is 2. The van der Waals surface area contributed by atoms with Gasteiger partial charge in [0.15, 0.2) is 11.5 Å². The third-order valence-electron chi connectivity index (χ3n) is 5.54. The van der Waals surface area contributed by atoms with Crippen molar-refractivity contribution in [2.75, 3.05) is 27.3 Å². The predicted octanol–water partition coefficient (Wildman–Crippen LogP) is 3.12. The van der Waals surface area contributed by atoms with E-state index in [0.29, 0.717) is 5.92 Å². The maximum absolute atomic E-state index is 5.42. The molecule has 140 valence electrons. The number of hydrogen-bond donors (Lipinski definition) is 0. The fourth-order valence-corrected chi connectivity index (χ4v) is 4.05. The molecule has 3 heteroatoms. The van der Waals surface area contributed by atoms with E-state index in [1.165, 1.54) is 34.4 Å². The lowest BCUT2D eigenvalue weighted by Crippen LogP contribution is -2.32. The van der Waals surface area contributed by atoms with Crippen LogP contribution in [0.5, 0.6) is 11.5 Å². The maximum atomic E-state index is 5.42. The summed E-state index contributed by atoms with van der Waals surface area (Å²) in [5, 5.41) is 2.42. The van der Waals surface area contributed by atoms with Gasteiger partial charge in [0.25, 0.3) is 0 Å². The number of piperidine rings is 1. The number of likely N-dealkylation sites (tertiary alicyclic amines) is 1. The zero-order valence-electron chi connectivity index (χ0n) is 16.2. The Morgan fingerprint density at radius 2 is 1.52 bits per heavy atom. The largest absolute Gasteiger partial charge is 0.493 e. The summed E-state index contributed by atoms with van der Waals surface area (Å²) in [6, 6.07) is 14.9. The first-order valence-electron chi connectivity index (χ1n) is 9.69. The van der Waals surface area contributed by atoms with Gasteiger partial charge in [0.05, 0.1) is 14.2 Å². The van der Waals surface area contributed by atoms with Crippen molar-refractivity contribution in [3.8, 4) is 11.5 Å². The number of ether oxygens (including phenoxy) is 2. The Balaban J connectivity index is 1.42. The highest BCUT2D eigenvalue weighted by Crippen LogP contribution is 2.25. The molecule has 0 aromatic heterocycles. The topological polar surface area (TPSA) is 21.7 Å². The summed E-state index contributed by atoms with van der Waals surface area (Å²) in [4.78, 5) is 2.57. The molecule has 0 bridgehead atoms. The van der Waals surface area contributed by atoms with Gasteiger partial charge in [0, 0.05) is 6.54 Å². The highest BCUT2D eigenvalue weighted by Gasteiger charge is 2.18. The van der Waals surface area contributed by atoms with Crippen molar-refractivity contribution in [1.29, 1.82) is 0 Å². The van der Waals surface area contributed by atoms with Gasteiger partial charge in [0.1, 0.15) is 0 Å². The second-order valence-electron chi connectivity index (χ2n) is 7.39. The molecule has 4 rings (SSSR count). The summed E-state index contributed by atoms with van der Waals surface area (Å²) in [5.74, 6) is 2.23. The van der Waals surface area contributed by atoms with Crippen LogP contribution < -0.4 is 19.9 Å². The third-order valence-corrected chi connectivity index (χ3v) is 5.54. The SMILES string of the molecule is COc1cc2c(cc1OC)=CC(=CC1CCN(Cc3ccccc3)CC1)C=2. The van der Waals surface area contributed by atoms with Gasteiger partial charge in [-0.3, -0.25) is 4.90 Å². The summed E-state index contributed by atoms with van der Waals surface area (Å²) >= 11 is 0. The molecule has 0 amide bonds. The Morgan fingerprint density at radius 1 is 0.926 bits per heavy atom. The van der Waals surface area contributed by atoms with Crippen LogP contribution in [-0.2, 0) is 6.54 Å². The van der Waals surface area contributed by atoms with Crippen molar-refractivity contribution >= 4 is 12.2 Å². The lowest BCUT2D eigenvalue weighted by atomic mass is 9.94. The number of methoxy groups -OCH3 is 2. The van der Waals surface area contributed by atoms with Crippen LogP contribution in [0.15, 0.2) is 54.1 Å². The molecule has 0 N–H and O–H groups in total. The molecule has 2 aliphatic rings. The molecule has 1 heterocycles. The summed E-state index contributed by atoms with van der Waals surface area (Å²) in [6.45, 7) is 3.39. The molecule has 1 aliphatic heterocycles. The molecule has 2 aromatic carbocycles. The van der Waals surface area contributed by atoms with Gasteiger partial charge in [-0.1, -0.05) is 36.4 Å². The third kappa shape index (κ3) is 4.09. The zero-order valence-corrected chi connectivity index (χ0v) is 16.2. The molecule has 1 aliphatic carbocycles. The molecule has 3 nitrogen and oxygen atoms in total. The van der Waals surface area contributed by atoms with Crippen molar-refractivity contribution < 1.29 is 9.47 Å². The molecule has 1 fully saturated rings. The Bertz CT molecular complexity index is 893. The van der Waals surface area contributed by atoms with Crippen molar-refractivity contribution in [3.63, 3.8) is 0 Å². The molecule has 0 saturated carbocycles. The smallest absolute Gasteiger partial charge is 0.161 e. The van der Waals surface area contributed by atoms with E-state index in [-0.39, 0.29) is 0 Å². The second kappa shape index (κ2) is 8.01. The fourth-order valence-electron chi connectivity index (χ4n) is 4.05. The van der Waals surface area contributed by atoms with E-state index in [1.54, 1.807) is 14.2 Å². The molecule has 27 heavy (non-hydrogen) atoms.